The second-order valence-electron chi connectivity index (χ2n) is 6.53. The molecular formula is C19H17FN2O5S3. The number of aryl methyl sites for hydroxylation is 1. The molecule has 2 aromatic carbocycles. The third-order valence-electron chi connectivity index (χ3n) is 4.41. The molecule has 1 N–H and O–H groups in total. The molecule has 0 amide bonds. The van der Waals surface area contributed by atoms with Gasteiger partial charge in [-0.25, -0.2) is 21.2 Å². The molecule has 0 bridgehead atoms. The van der Waals surface area contributed by atoms with Crippen LogP contribution >= 0.6 is 11.3 Å². The highest BCUT2D eigenvalue weighted by Crippen LogP contribution is 2.38. The van der Waals surface area contributed by atoms with Gasteiger partial charge >= 0.3 is 0 Å². The van der Waals surface area contributed by atoms with Crippen LogP contribution in [0.3, 0.4) is 0 Å². The van der Waals surface area contributed by atoms with Gasteiger partial charge in [-0.05, 0) is 61.5 Å². The van der Waals surface area contributed by atoms with Gasteiger partial charge in [0.05, 0.1) is 22.8 Å². The highest BCUT2D eigenvalue weighted by molar-refractivity contribution is 7.94. The largest absolute Gasteiger partial charge is 0.489 e. The Labute approximate surface area is 177 Å². The summed E-state index contributed by atoms with van der Waals surface area (Å²) < 4.78 is 73.9. The van der Waals surface area contributed by atoms with E-state index in [0.717, 1.165) is 32.7 Å². The van der Waals surface area contributed by atoms with E-state index in [-0.39, 0.29) is 33.6 Å². The number of fused-ring (bicyclic) bond motifs is 1. The van der Waals surface area contributed by atoms with Crippen molar-refractivity contribution in [3.63, 3.8) is 0 Å². The van der Waals surface area contributed by atoms with Gasteiger partial charge in [0, 0.05) is 4.88 Å². The van der Waals surface area contributed by atoms with Crippen LogP contribution < -0.4 is 13.8 Å². The molecule has 11 heteroatoms. The predicted octanol–water partition coefficient (Wildman–Crippen LogP) is 3.58. The summed E-state index contributed by atoms with van der Waals surface area (Å²) in [5, 5.41) is 0. The van der Waals surface area contributed by atoms with Crippen molar-refractivity contribution in [1.82, 2.24) is 0 Å². The topological polar surface area (TPSA) is 92.8 Å². The fraction of sp³-hybridized carbons (Fsp3) is 0.158. The Hall–Kier alpha value is -2.63. The second-order valence-corrected chi connectivity index (χ2v) is 11.6. The SMILES string of the molecule is Cc1ccc(S(=O)(=O)Nc2ccc3c(c2)N(S(=O)(=O)c2ccc(F)cc2)CCO3)s1. The first-order valence-electron chi connectivity index (χ1n) is 8.81. The van der Waals surface area contributed by atoms with Crippen molar-refractivity contribution >= 4 is 42.8 Å². The van der Waals surface area contributed by atoms with Crippen LogP contribution in [0.5, 0.6) is 5.75 Å². The smallest absolute Gasteiger partial charge is 0.271 e. The van der Waals surface area contributed by atoms with Crippen LogP contribution in [-0.2, 0) is 20.0 Å². The summed E-state index contributed by atoms with van der Waals surface area (Å²) in [7, 11) is -7.80. The lowest BCUT2D eigenvalue weighted by Crippen LogP contribution is -2.38. The zero-order chi connectivity index (χ0) is 21.5. The van der Waals surface area contributed by atoms with Gasteiger partial charge in [0.25, 0.3) is 20.0 Å². The summed E-state index contributed by atoms with van der Waals surface area (Å²) in [6.07, 6.45) is 0. The standard InChI is InChI=1S/C19H17FN2O5S3/c1-13-2-9-19(28-13)29(23,24)21-15-5-8-18-17(12-15)22(10-11-27-18)30(25,26)16-6-3-14(20)4-7-16/h2-9,12,21H,10-11H2,1H3. The van der Waals surface area contributed by atoms with Gasteiger partial charge in [-0.2, -0.15) is 0 Å². The van der Waals surface area contributed by atoms with E-state index < -0.39 is 25.9 Å². The molecule has 0 fully saturated rings. The van der Waals surface area contributed by atoms with E-state index in [4.69, 9.17) is 4.74 Å². The Morgan fingerprint density at radius 3 is 2.43 bits per heavy atom. The molecule has 0 saturated carbocycles. The minimum absolute atomic E-state index is 0.0348. The molecule has 1 aliphatic heterocycles. The first kappa shape index (κ1) is 20.6. The molecule has 30 heavy (non-hydrogen) atoms. The summed E-state index contributed by atoms with van der Waals surface area (Å²) >= 11 is 1.13. The number of thiophene rings is 1. The van der Waals surface area contributed by atoms with Gasteiger partial charge < -0.3 is 4.74 Å². The van der Waals surface area contributed by atoms with Gasteiger partial charge in [-0.1, -0.05) is 0 Å². The Morgan fingerprint density at radius 2 is 1.77 bits per heavy atom. The van der Waals surface area contributed by atoms with Gasteiger partial charge in [-0.15, -0.1) is 11.3 Å². The molecule has 0 radical (unpaired) electrons. The zero-order valence-corrected chi connectivity index (χ0v) is 18.2. The van der Waals surface area contributed by atoms with Crippen LogP contribution in [0.1, 0.15) is 4.88 Å². The zero-order valence-electron chi connectivity index (χ0n) is 15.7. The van der Waals surface area contributed by atoms with Crippen LogP contribution in [-0.4, -0.2) is 30.0 Å². The third-order valence-corrected chi connectivity index (χ3v) is 9.12. The lowest BCUT2D eigenvalue weighted by molar-refractivity contribution is 0.316. The molecular weight excluding hydrogens is 451 g/mol. The van der Waals surface area contributed by atoms with Gasteiger partial charge in [-0.3, -0.25) is 9.03 Å². The monoisotopic (exact) mass is 468 g/mol. The maximum absolute atomic E-state index is 13.2. The normalized spacial score (nSPS) is 14.1. The molecule has 4 rings (SSSR count). The van der Waals surface area contributed by atoms with Crippen LogP contribution in [0, 0.1) is 12.7 Å². The molecule has 0 saturated heterocycles. The quantitative estimate of drug-likeness (QED) is 0.618. The number of nitrogens with zero attached hydrogens (tertiary/aromatic N) is 1. The van der Waals surface area contributed by atoms with Gasteiger partial charge in [0.2, 0.25) is 0 Å². The average molecular weight is 469 g/mol. The molecule has 0 atom stereocenters. The Morgan fingerprint density at radius 1 is 1.03 bits per heavy atom. The number of halogens is 1. The lowest BCUT2D eigenvalue weighted by Gasteiger charge is -2.30. The number of sulfonamides is 2. The van der Waals surface area contributed by atoms with Crippen LogP contribution in [0.2, 0.25) is 0 Å². The van der Waals surface area contributed by atoms with E-state index in [1.807, 2.05) is 0 Å². The van der Waals surface area contributed by atoms with Gasteiger partial charge in [0.1, 0.15) is 22.4 Å². The highest BCUT2D eigenvalue weighted by Gasteiger charge is 2.31. The third kappa shape index (κ3) is 3.87. The Bertz CT molecular complexity index is 1300. The number of hydrogen-bond donors (Lipinski definition) is 1. The van der Waals surface area contributed by atoms with Crippen molar-refractivity contribution in [3.8, 4) is 5.75 Å². The van der Waals surface area contributed by atoms with Crippen LogP contribution in [0.4, 0.5) is 15.8 Å². The minimum Gasteiger partial charge on any atom is -0.489 e. The number of hydrogen-bond acceptors (Lipinski definition) is 6. The molecule has 0 spiro atoms. The summed E-state index contributed by atoms with van der Waals surface area (Å²) in [5.74, 6) is -0.237. The Balaban J connectivity index is 1.70. The van der Waals surface area contributed by atoms with Crippen LogP contribution in [0.15, 0.2) is 63.7 Å². The molecule has 1 aliphatic rings. The molecule has 3 aromatic rings. The lowest BCUT2D eigenvalue weighted by atomic mass is 10.2. The summed E-state index contributed by atoms with van der Waals surface area (Å²) in [5.41, 5.74) is 0.401. The van der Waals surface area contributed by atoms with E-state index in [1.54, 1.807) is 13.0 Å². The molecule has 2 heterocycles. The molecule has 7 nitrogen and oxygen atoms in total. The summed E-state index contributed by atoms with van der Waals surface area (Å²) in [6.45, 7) is 1.97. The van der Waals surface area contributed by atoms with E-state index >= 15 is 0 Å². The second kappa shape index (κ2) is 7.56. The van der Waals surface area contributed by atoms with E-state index in [9.17, 15) is 21.2 Å². The summed E-state index contributed by atoms with van der Waals surface area (Å²) in [4.78, 5) is 0.780. The maximum Gasteiger partial charge on any atom is 0.271 e. The molecule has 0 unspecified atom stereocenters. The van der Waals surface area contributed by atoms with Crippen molar-refractivity contribution in [3.05, 3.63) is 65.3 Å². The number of rotatable bonds is 5. The number of benzene rings is 2. The first-order valence-corrected chi connectivity index (χ1v) is 12.6. The van der Waals surface area contributed by atoms with Crippen molar-refractivity contribution in [2.75, 3.05) is 22.2 Å². The van der Waals surface area contributed by atoms with Gasteiger partial charge in [0.15, 0.2) is 0 Å². The number of ether oxygens (including phenoxy) is 1. The first-order chi connectivity index (χ1) is 14.2. The van der Waals surface area contributed by atoms with Crippen molar-refractivity contribution in [2.45, 2.75) is 16.0 Å². The van der Waals surface area contributed by atoms with Crippen molar-refractivity contribution in [1.29, 1.82) is 0 Å². The fourth-order valence-electron chi connectivity index (χ4n) is 3.00. The number of nitrogens with one attached hydrogen (secondary N) is 1. The fourth-order valence-corrected chi connectivity index (χ4v) is 6.79. The molecule has 158 valence electrons. The van der Waals surface area contributed by atoms with E-state index in [0.29, 0.717) is 5.75 Å². The highest BCUT2D eigenvalue weighted by atomic mass is 32.2. The minimum atomic E-state index is -3.99. The Kier molecular flexibility index (Phi) is 5.20. The predicted molar refractivity (Wildman–Crippen MR) is 113 cm³/mol. The molecule has 0 aliphatic carbocycles. The van der Waals surface area contributed by atoms with E-state index in [1.165, 1.54) is 36.4 Å². The summed E-state index contributed by atoms with van der Waals surface area (Å²) in [6, 6.07) is 12.2. The van der Waals surface area contributed by atoms with E-state index in [2.05, 4.69) is 4.72 Å². The van der Waals surface area contributed by atoms with Crippen molar-refractivity contribution in [2.24, 2.45) is 0 Å². The van der Waals surface area contributed by atoms with Crippen LogP contribution in [0.25, 0.3) is 0 Å². The van der Waals surface area contributed by atoms with Crippen molar-refractivity contribution < 1.29 is 26.0 Å². The maximum atomic E-state index is 13.2. The number of anilines is 2. The average Bonchev–Trinajstić information content (AvgIpc) is 3.15. The molecule has 1 aromatic heterocycles.